The molecule has 98 valence electrons. The van der Waals surface area contributed by atoms with Crippen molar-refractivity contribution < 1.29 is 4.79 Å². The van der Waals surface area contributed by atoms with Crippen LogP contribution in [0.5, 0.6) is 0 Å². The Morgan fingerprint density at radius 1 is 1.39 bits per heavy atom. The molecule has 1 unspecified atom stereocenters. The van der Waals surface area contributed by atoms with Crippen molar-refractivity contribution in [3.63, 3.8) is 0 Å². The van der Waals surface area contributed by atoms with Gasteiger partial charge in [0.25, 0.3) is 5.91 Å². The molecule has 2 rings (SSSR count). The smallest absolute Gasteiger partial charge is 0.251 e. The van der Waals surface area contributed by atoms with Crippen molar-refractivity contribution in [2.24, 2.45) is 5.92 Å². The van der Waals surface area contributed by atoms with Gasteiger partial charge in [-0.1, -0.05) is 34.8 Å². The van der Waals surface area contributed by atoms with Gasteiger partial charge in [0.05, 0.1) is 0 Å². The van der Waals surface area contributed by atoms with Crippen molar-refractivity contribution in [1.82, 2.24) is 5.32 Å². The lowest BCUT2D eigenvalue weighted by atomic mass is 9.99. The number of nitrogens with one attached hydrogen (secondary N) is 1. The molecule has 0 spiro atoms. The van der Waals surface area contributed by atoms with Crippen LogP contribution >= 0.6 is 15.9 Å². The first-order valence-corrected chi connectivity index (χ1v) is 7.44. The fourth-order valence-corrected chi connectivity index (χ4v) is 2.98. The molecule has 1 saturated carbocycles. The summed E-state index contributed by atoms with van der Waals surface area (Å²) in [6.45, 7) is 4.14. The molecule has 1 N–H and O–H groups in total. The quantitative estimate of drug-likeness (QED) is 0.896. The van der Waals surface area contributed by atoms with Crippen molar-refractivity contribution in [2.45, 2.75) is 45.6 Å². The SMILES string of the molecule is Cc1ccc(C(=O)NC(C)C2CCCC2)cc1Br. The molecule has 0 saturated heterocycles. The van der Waals surface area contributed by atoms with E-state index < -0.39 is 0 Å². The van der Waals surface area contributed by atoms with Gasteiger partial charge in [0.2, 0.25) is 0 Å². The Balaban J connectivity index is 2.00. The normalized spacial score (nSPS) is 17.7. The highest BCUT2D eigenvalue weighted by Gasteiger charge is 2.23. The molecule has 1 aromatic carbocycles. The molecule has 0 heterocycles. The van der Waals surface area contributed by atoms with Crippen LogP contribution in [0.2, 0.25) is 0 Å². The Labute approximate surface area is 117 Å². The van der Waals surface area contributed by atoms with E-state index in [0.29, 0.717) is 5.92 Å². The van der Waals surface area contributed by atoms with E-state index >= 15 is 0 Å². The van der Waals surface area contributed by atoms with Crippen LogP contribution in [0.3, 0.4) is 0 Å². The number of halogens is 1. The fourth-order valence-electron chi connectivity index (χ4n) is 2.60. The van der Waals surface area contributed by atoms with Gasteiger partial charge in [-0.05, 0) is 50.3 Å². The summed E-state index contributed by atoms with van der Waals surface area (Å²) in [6, 6.07) is 6.03. The predicted octanol–water partition coefficient (Wildman–Crippen LogP) is 4.07. The summed E-state index contributed by atoms with van der Waals surface area (Å²) in [4.78, 5) is 12.1. The van der Waals surface area contributed by atoms with Gasteiger partial charge in [0.15, 0.2) is 0 Å². The number of hydrogen-bond donors (Lipinski definition) is 1. The number of carbonyl (C=O) groups excluding carboxylic acids is 1. The molecule has 3 heteroatoms. The molecule has 0 radical (unpaired) electrons. The lowest BCUT2D eigenvalue weighted by molar-refractivity contribution is 0.0927. The minimum absolute atomic E-state index is 0.0371. The first-order chi connectivity index (χ1) is 8.58. The first-order valence-electron chi connectivity index (χ1n) is 6.65. The Hall–Kier alpha value is -0.830. The van der Waals surface area contributed by atoms with Crippen LogP contribution in [-0.4, -0.2) is 11.9 Å². The summed E-state index contributed by atoms with van der Waals surface area (Å²) in [5.41, 5.74) is 1.88. The van der Waals surface area contributed by atoms with Crippen molar-refractivity contribution >= 4 is 21.8 Å². The molecule has 0 aromatic heterocycles. The summed E-state index contributed by atoms with van der Waals surface area (Å²) >= 11 is 3.47. The maximum absolute atomic E-state index is 12.1. The lowest BCUT2D eigenvalue weighted by Crippen LogP contribution is -2.37. The summed E-state index contributed by atoms with van der Waals surface area (Å²) in [7, 11) is 0. The predicted molar refractivity (Wildman–Crippen MR) is 77.8 cm³/mol. The Morgan fingerprint density at radius 2 is 2.06 bits per heavy atom. The highest BCUT2D eigenvalue weighted by molar-refractivity contribution is 9.10. The highest BCUT2D eigenvalue weighted by Crippen LogP contribution is 2.27. The van der Waals surface area contributed by atoms with Crippen LogP contribution in [0.25, 0.3) is 0 Å². The summed E-state index contributed by atoms with van der Waals surface area (Å²) in [5, 5.41) is 3.13. The van der Waals surface area contributed by atoms with Crippen molar-refractivity contribution in [3.05, 3.63) is 33.8 Å². The fraction of sp³-hybridized carbons (Fsp3) is 0.533. The Morgan fingerprint density at radius 3 is 2.67 bits per heavy atom. The monoisotopic (exact) mass is 309 g/mol. The van der Waals surface area contributed by atoms with Crippen LogP contribution < -0.4 is 5.32 Å². The van der Waals surface area contributed by atoms with E-state index in [1.54, 1.807) is 0 Å². The van der Waals surface area contributed by atoms with Gasteiger partial charge in [-0.2, -0.15) is 0 Å². The summed E-state index contributed by atoms with van der Waals surface area (Å²) in [5.74, 6) is 0.693. The molecule has 18 heavy (non-hydrogen) atoms. The Bertz CT molecular complexity index is 438. The van der Waals surface area contributed by atoms with E-state index in [9.17, 15) is 4.79 Å². The lowest BCUT2D eigenvalue weighted by Gasteiger charge is -2.20. The standard InChI is InChI=1S/C15H20BrNO/c1-10-7-8-13(9-14(10)16)15(18)17-11(2)12-5-3-4-6-12/h7-9,11-12H,3-6H2,1-2H3,(H,17,18). The van der Waals surface area contributed by atoms with Gasteiger partial charge in [-0.3, -0.25) is 4.79 Å². The van der Waals surface area contributed by atoms with Gasteiger partial charge in [-0.25, -0.2) is 0 Å². The summed E-state index contributed by atoms with van der Waals surface area (Å²) in [6.07, 6.45) is 5.11. The second-order valence-electron chi connectivity index (χ2n) is 5.27. The van der Waals surface area contributed by atoms with Crippen LogP contribution in [0.1, 0.15) is 48.5 Å². The van der Waals surface area contributed by atoms with Gasteiger partial charge >= 0.3 is 0 Å². The van der Waals surface area contributed by atoms with E-state index in [-0.39, 0.29) is 11.9 Å². The number of aryl methyl sites for hydroxylation is 1. The number of carbonyl (C=O) groups is 1. The highest BCUT2D eigenvalue weighted by atomic mass is 79.9. The molecule has 0 aliphatic heterocycles. The molecule has 1 atom stereocenters. The van der Waals surface area contributed by atoms with Gasteiger partial charge in [0, 0.05) is 16.1 Å². The van der Waals surface area contributed by atoms with Gasteiger partial charge in [-0.15, -0.1) is 0 Å². The minimum atomic E-state index is 0.0371. The minimum Gasteiger partial charge on any atom is -0.349 e. The molecule has 2 nitrogen and oxygen atoms in total. The second kappa shape index (κ2) is 5.87. The largest absolute Gasteiger partial charge is 0.349 e. The zero-order chi connectivity index (χ0) is 13.1. The van der Waals surface area contributed by atoms with Gasteiger partial charge in [0.1, 0.15) is 0 Å². The number of amides is 1. The van der Waals surface area contributed by atoms with Crippen LogP contribution in [0, 0.1) is 12.8 Å². The molecule has 1 aliphatic carbocycles. The van der Waals surface area contributed by atoms with Crippen molar-refractivity contribution in [3.8, 4) is 0 Å². The first kappa shape index (κ1) is 13.6. The van der Waals surface area contributed by atoms with Crippen LogP contribution in [-0.2, 0) is 0 Å². The van der Waals surface area contributed by atoms with Crippen LogP contribution in [0.15, 0.2) is 22.7 Å². The second-order valence-corrected chi connectivity index (χ2v) is 6.12. The molecular formula is C15H20BrNO. The molecule has 1 aliphatic rings. The zero-order valence-corrected chi connectivity index (χ0v) is 12.6. The zero-order valence-electron chi connectivity index (χ0n) is 11.0. The maximum Gasteiger partial charge on any atom is 0.251 e. The van der Waals surface area contributed by atoms with E-state index in [1.165, 1.54) is 25.7 Å². The van der Waals surface area contributed by atoms with Crippen molar-refractivity contribution in [1.29, 1.82) is 0 Å². The van der Waals surface area contributed by atoms with E-state index in [1.807, 2.05) is 25.1 Å². The molecule has 0 bridgehead atoms. The maximum atomic E-state index is 12.1. The van der Waals surface area contributed by atoms with E-state index in [2.05, 4.69) is 28.2 Å². The molecule has 1 fully saturated rings. The van der Waals surface area contributed by atoms with E-state index in [0.717, 1.165) is 15.6 Å². The number of benzene rings is 1. The Kier molecular flexibility index (Phi) is 4.44. The average Bonchev–Trinajstić information content (AvgIpc) is 2.86. The molecule has 1 amide bonds. The molecule has 1 aromatic rings. The third-order valence-electron chi connectivity index (χ3n) is 3.90. The average molecular weight is 310 g/mol. The topological polar surface area (TPSA) is 29.1 Å². The van der Waals surface area contributed by atoms with Crippen LogP contribution in [0.4, 0.5) is 0 Å². The van der Waals surface area contributed by atoms with Gasteiger partial charge < -0.3 is 5.32 Å². The number of rotatable bonds is 3. The molecular weight excluding hydrogens is 290 g/mol. The van der Waals surface area contributed by atoms with Crippen molar-refractivity contribution in [2.75, 3.05) is 0 Å². The third-order valence-corrected chi connectivity index (χ3v) is 4.75. The third kappa shape index (κ3) is 3.14. The summed E-state index contributed by atoms with van der Waals surface area (Å²) < 4.78 is 0.990. The number of hydrogen-bond acceptors (Lipinski definition) is 1. The van der Waals surface area contributed by atoms with E-state index in [4.69, 9.17) is 0 Å².